The van der Waals surface area contributed by atoms with Crippen molar-refractivity contribution in [3.05, 3.63) is 117 Å². The van der Waals surface area contributed by atoms with E-state index < -0.39 is 0 Å². The first-order valence-electron chi connectivity index (χ1n) is 9.95. The highest BCUT2D eigenvalue weighted by atomic mass is 79.9. The van der Waals surface area contributed by atoms with Crippen LogP contribution >= 0.6 is 31.9 Å². The zero-order valence-corrected chi connectivity index (χ0v) is 20.2. The Hall–Kier alpha value is -3.22. The molecule has 0 amide bonds. The van der Waals surface area contributed by atoms with Gasteiger partial charge in [-0.25, -0.2) is 0 Å². The topological polar surface area (TPSA) is 48.8 Å². The Morgan fingerprint density at radius 3 is 1.62 bits per heavy atom. The lowest BCUT2D eigenvalue weighted by Gasteiger charge is -2.04. The third-order valence-electron chi connectivity index (χ3n) is 4.63. The fourth-order valence-corrected chi connectivity index (χ4v) is 3.50. The van der Waals surface area contributed by atoms with Gasteiger partial charge in [0, 0.05) is 8.95 Å². The van der Waals surface area contributed by atoms with Crippen LogP contribution in [0.25, 0.3) is 11.1 Å². The zero-order chi connectivity index (χ0) is 22.2. The molecule has 0 atom stereocenters. The van der Waals surface area contributed by atoms with Crippen LogP contribution in [0.15, 0.2) is 116 Å². The number of rotatable bonds is 7. The molecule has 0 heterocycles. The highest BCUT2D eigenvalue weighted by molar-refractivity contribution is 9.10. The molecule has 0 aliphatic heterocycles. The van der Waals surface area contributed by atoms with Crippen molar-refractivity contribution in [3.63, 3.8) is 0 Å². The molecule has 0 saturated heterocycles. The second-order valence-electron chi connectivity index (χ2n) is 7.00. The molecule has 0 radical (unpaired) electrons. The summed E-state index contributed by atoms with van der Waals surface area (Å²) in [7, 11) is 0. The summed E-state index contributed by atoms with van der Waals surface area (Å²) in [5, 5.41) is 8.64. The summed E-state index contributed by atoms with van der Waals surface area (Å²) >= 11 is 6.86. The summed E-state index contributed by atoms with van der Waals surface area (Å²) in [4.78, 5) is 0. The van der Waals surface area contributed by atoms with E-state index in [1.54, 1.807) is 0 Å². The molecule has 4 aromatic carbocycles. The highest BCUT2D eigenvalue weighted by Gasteiger charge is 1.99. The Balaban J connectivity index is 1.38. The van der Waals surface area contributed by atoms with Crippen molar-refractivity contribution in [2.24, 2.45) is 10.2 Å². The molecule has 0 saturated carbocycles. The lowest BCUT2D eigenvalue weighted by molar-refractivity contribution is 1.35. The van der Waals surface area contributed by atoms with Crippen molar-refractivity contribution >= 4 is 55.7 Å². The van der Waals surface area contributed by atoms with Gasteiger partial charge in [0.15, 0.2) is 0 Å². The summed E-state index contributed by atoms with van der Waals surface area (Å²) < 4.78 is 2.08. The molecule has 0 aliphatic carbocycles. The van der Waals surface area contributed by atoms with E-state index in [0.29, 0.717) is 0 Å². The number of anilines is 2. The molecular weight excluding hydrogens is 528 g/mol. The number of hydrazone groups is 2. The van der Waals surface area contributed by atoms with E-state index in [1.807, 2.05) is 73.1 Å². The average Bonchev–Trinajstić information content (AvgIpc) is 2.82. The number of nitrogens with one attached hydrogen (secondary N) is 2. The fourth-order valence-electron chi connectivity index (χ4n) is 2.97. The van der Waals surface area contributed by atoms with Gasteiger partial charge in [-0.1, -0.05) is 74.3 Å². The van der Waals surface area contributed by atoms with Crippen molar-refractivity contribution in [2.45, 2.75) is 0 Å². The molecule has 0 aromatic heterocycles. The van der Waals surface area contributed by atoms with Crippen LogP contribution in [0.4, 0.5) is 11.4 Å². The van der Waals surface area contributed by atoms with E-state index >= 15 is 0 Å². The minimum Gasteiger partial charge on any atom is -0.279 e. The van der Waals surface area contributed by atoms with Crippen LogP contribution in [0, 0.1) is 0 Å². The predicted octanol–water partition coefficient (Wildman–Crippen LogP) is 7.77. The summed E-state index contributed by atoms with van der Waals surface area (Å²) in [5.41, 5.74) is 12.3. The maximum absolute atomic E-state index is 4.34. The Labute approximate surface area is 204 Å². The van der Waals surface area contributed by atoms with Crippen molar-refractivity contribution in [2.75, 3.05) is 10.9 Å². The Bertz CT molecular complexity index is 1220. The Kier molecular flexibility index (Phi) is 7.48. The van der Waals surface area contributed by atoms with E-state index in [0.717, 1.165) is 42.6 Å². The number of hydrogen-bond donors (Lipinski definition) is 2. The van der Waals surface area contributed by atoms with E-state index in [9.17, 15) is 0 Å². The minimum atomic E-state index is 0.937. The van der Waals surface area contributed by atoms with Gasteiger partial charge in [-0.05, 0) is 76.9 Å². The van der Waals surface area contributed by atoms with Gasteiger partial charge in [-0.2, -0.15) is 10.2 Å². The minimum absolute atomic E-state index is 0.937. The number of benzene rings is 4. The van der Waals surface area contributed by atoms with Gasteiger partial charge < -0.3 is 0 Å². The molecule has 4 nitrogen and oxygen atoms in total. The van der Waals surface area contributed by atoms with Crippen LogP contribution in [0.2, 0.25) is 0 Å². The maximum atomic E-state index is 4.34. The van der Waals surface area contributed by atoms with Crippen molar-refractivity contribution in [1.82, 2.24) is 0 Å². The molecule has 0 unspecified atom stereocenters. The van der Waals surface area contributed by atoms with Gasteiger partial charge in [0.1, 0.15) is 0 Å². The summed E-state index contributed by atoms with van der Waals surface area (Å²) in [5.74, 6) is 0. The maximum Gasteiger partial charge on any atom is 0.0562 e. The van der Waals surface area contributed by atoms with Crippen LogP contribution < -0.4 is 10.9 Å². The second kappa shape index (κ2) is 10.9. The summed E-state index contributed by atoms with van der Waals surface area (Å²) in [6, 6.07) is 32.4. The van der Waals surface area contributed by atoms with Crippen LogP contribution in [-0.4, -0.2) is 12.4 Å². The zero-order valence-electron chi connectivity index (χ0n) is 17.0. The standard InChI is InChI=1S/C26H20Br2N4/c27-23-8-12-25(13-9-23)31-29-17-19-4-6-21(7-5-19)22-3-1-2-20(16-22)18-30-32-26-14-10-24(28)11-15-26/h1-18,31-32H/b29-17+,30-18+. The van der Waals surface area contributed by atoms with Crippen LogP contribution in [-0.2, 0) is 0 Å². The largest absolute Gasteiger partial charge is 0.279 e. The molecule has 2 N–H and O–H groups in total. The van der Waals surface area contributed by atoms with Crippen LogP contribution in [0.1, 0.15) is 11.1 Å². The van der Waals surface area contributed by atoms with Gasteiger partial charge in [-0.15, -0.1) is 0 Å². The average molecular weight is 548 g/mol. The third kappa shape index (κ3) is 6.39. The van der Waals surface area contributed by atoms with Gasteiger partial charge in [0.05, 0.1) is 23.8 Å². The molecule has 6 heteroatoms. The van der Waals surface area contributed by atoms with Crippen molar-refractivity contribution < 1.29 is 0 Å². The lowest BCUT2D eigenvalue weighted by atomic mass is 10.0. The van der Waals surface area contributed by atoms with E-state index in [2.05, 4.69) is 89.3 Å². The number of nitrogens with zero attached hydrogens (tertiary/aromatic N) is 2. The monoisotopic (exact) mass is 546 g/mol. The molecule has 0 aliphatic rings. The second-order valence-corrected chi connectivity index (χ2v) is 8.83. The summed E-state index contributed by atoms with van der Waals surface area (Å²) in [6.07, 6.45) is 3.63. The normalized spacial score (nSPS) is 11.2. The smallest absolute Gasteiger partial charge is 0.0562 e. The van der Waals surface area contributed by atoms with Crippen molar-refractivity contribution in [1.29, 1.82) is 0 Å². The number of halogens is 2. The van der Waals surface area contributed by atoms with E-state index in [-0.39, 0.29) is 0 Å². The highest BCUT2D eigenvalue weighted by Crippen LogP contribution is 2.21. The molecular formula is C26H20Br2N4. The van der Waals surface area contributed by atoms with Crippen LogP contribution in [0.3, 0.4) is 0 Å². The first-order valence-corrected chi connectivity index (χ1v) is 11.5. The van der Waals surface area contributed by atoms with Crippen molar-refractivity contribution in [3.8, 4) is 11.1 Å². The predicted molar refractivity (Wildman–Crippen MR) is 143 cm³/mol. The fraction of sp³-hybridized carbons (Fsp3) is 0. The van der Waals surface area contributed by atoms with Gasteiger partial charge in [0.25, 0.3) is 0 Å². The van der Waals surface area contributed by atoms with Gasteiger partial charge >= 0.3 is 0 Å². The molecule has 0 fully saturated rings. The van der Waals surface area contributed by atoms with Crippen LogP contribution in [0.5, 0.6) is 0 Å². The van der Waals surface area contributed by atoms with Gasteiger partial charge in [-0.3, -0.25) is 10.9 Å². The quantitative estimate of drug-likeness (QED) is 0.183. The molecule has 4 aromatic rings. The van der Waals surface area contributed by atoms with Gasteiger partial charge in [0.2, 0.25) is 0 Å². The lowest BCUT2D eigenvalue weighted by Crippen LogP contribution is -1.91. The Morgan fingerprint density at radius 1 is 0.531 bits per heavy atom. The molecule has 158 valence electrons. The molecule has 0 spiro atoms. The molecule has 32 heavy (non-hydrogen) atoms. The first kappa shape index (κ1) is 22.0. The third-order valence-corrected chi connectivity index (χ3v) is 5.69. The number of hydrogen-bond acceptors (Lipinski definition) is 4. The SMILES string of the molecule is Brc1ccc(N/N=C/c2ccc(-c3cccc(/C=N/Nc4ccc(Br)cc4)c3)cc2)cc1. The molecule has 0 bridgehead atoms. The first-order chi connectivity index (χ1) is 15.7. The van der Waals surface area contributed by atoms with E-state index in [4.69, 9.17) is 0 Å². The molecule has 4 rings (SSSR count). The summed E-state index contributed by atoms with van der Waals surface area (Å²) in [6.45, 7) is 0. The Morgan fingerprint density at radius 2 is 1.06 bits per heavy atom. The van der Waals surface area contributed by atoms with E-state index in [1.165, 1.54) is 0 Å².